The number of pyridine rings is 1. The Kier molecular flexibility index (Phi) is 6.18. The Labute approximate surface area is 176 Å². The lowest BCUT2D eigenvalue weighted by molar-refractivity contribution is -0.141. The van der Waals surface area contributed by atoms with Crippen LogP contribution in [0.25, 0.3) is 0 Å². The first-order valence-corrected chi connectivity index (χ1v) is 10.7. The van der Waals surface area contributed by atoms with E-state index in [0.717, 1.165) is 56.9 Å². The highest BCUT2D eigenvalue weighted by Crippen LogP contribution is 2.23. The van der Waals surface area contributed by atoms with Crippen molar-refractivity contribution in [1.29, 1.82) is 0 Å². The molecule has 1 aromatic carbocycles. The topological polar surface area (TPSA) is 59.9 Å². The molecule has 4 rings (SSSR count). The lowest BCUT2D eigenvalue weighted by Crippen LogP contribution is -2.57. The van der Waals surface area contributed by atoms with Gasteiger partial charge in [0, 0.05) is 39.3 Å². The molecule has 1 aromatic heterocycles. The Morgan fingerprint density at radius 3 is 2.60 bits per heavy atom. The van der Waals surface area contributed by atoms with Crippen LogP contribution in [0.4, 0.5) is 10.2 Å². The van der Waals surface area contributed by atoms with Crippen molar-refractivity contribution in [3.63, 3.8) is 0 Å². The summed E-state index contributed by atoms with van der Waals surface area (Å²) >= 11 is 0. The predicted octanol–water partition coefficient (Wildman–Crippen LogP) is 2.80. The number of benzene rings is 1. The number of amides is 1. The fourth-order valence-corrected chi connectivity index (χ4v) is 4.44. The number of piperazine rings is 1. The van der Waals surface area contributed by atoms with Crippen molar-refractivity contribution in [3.8, 4) is 5.75 Å². The van der Waals surface area contributed by atoms with Gasteiger partial charge in [-0.05, 0) is 48.6 Å². The molecular weight excluding hydrogens is 383 g/mol. The molecule has 1 atom stereocenters. The minimum Gasteiger partial charge on any atom is -0.506 e. The number of hydrogen-bond acceptors (Lipinski definition) is 5. The number of carbonyl (C=O) groups is 1. The number of carbonyl (C=O) groups excluding carboxylic acids is 1. The van der Waals surface area contributed by atoms with Crippen LogP contribution in [-0.4, -0.2) is 64.6 Å². The van der Waals surface area contributed by atoms with Crippen molar-refractivity contribution in [2.24, 2.45) is 0 Å². The van der Waals surface area contributed by atoms with Crippen LogP contribution < -0.4 is 4.90 Å². The summed E-state index contributed by atoms with van der Waals surface area (Å²) < 4.78 is 14.1. The van der Waals surface area contributed by atoms with E-state index in [1.165, 1.54) is 6.20 Å². The lowest BCUT2D eigenvalue weighted by Gasteiger charge is -2.42. The van der Waals surface area contributed by atoms with E-state index in [2.05, 4.69) is 14.8 Å². The molecule has 2 fully saturated rings. The second-order valence-electron chi connectivity index (χ2n) is 8.09. The molecule has 30 heavy (non-hydrogen) atoms. The standard InChI is InChI=1S/C23H29FN4O2/c1-2-18-6-5-17(14-20(18)24)16-28-9-3-4-21(23(28)30)26-10-12-27(13-11-26)22-8-7-19(29)15-25-22/h5-8,14-15,21,29H,2-4,9-13,16H2,1H3. The van der Waals surface area contributed by atoms with Crippen molar-refractivity contribution >= 4 is 11.7 Å². The fraction of sp³-hybridized carbons (Fsp3) is 0.478. The van der Waals surface area contributed by atoms with E-state index >= 15 is 0 Å². The molecule has 2 aromatic rings. The van der Waals surface area contributed by atoms with E-state index in [1.54, 1.807) is 12.1 Å². The molecule has 1 N–H and O–H groups in total. The molecule has 2 aliphatic rings. The van der Waals surface area contributed by atoms with E-state index in [0.29, 0.717) is 18.5 Å². The van der Waals surface area contributed by atoms with Crippen molar-refractivity contribution in [2.45, 2.75) is 38.8 Å². The third-order valence-electron chi connectivity index (χ3n) is 6.19. The molecule has 0 spiro atoms. The minimum absolute atomic E-state index is 0.103. The molecule has 0 radical (unpaired) electrons. The number of anilines is 1. The van der Waals surface area contributed by atoms with E-state index in [4.69, 9.17) is 0 Å². The summed E-state index contributed by atoms with van der Waals surface area (Å²) in [4.78, 5) is 23.8. The van der Waals surface area contributed by atoms with Crippen LogP contribution >= 0.6 is 0 Å². The van der Waals surface area contributed by atoms with E-state index in [1.807, 2.05) is 30.0 Å². The quantitative estimate of drug-likeness (QED) is 0.818. The normalized spacial score (nSPS) is 20.6. The zero-order valence-corrected chi connectivity index (χ0v) is 17.4. The molecule has 6 nitrogen and oxygen atoms in total. The van der Waals surface area contributed by atoms with Gasteiger partial charge in [0.05, 0.1) is 12.2 Å². The molecule has 3 heterocycles. The highest BCUT2D eigenvalue weighted by Gasteiger charge is 2.34. The Balaban J connectivity index is 1.36. The molecule has 0 saturated carbocycles. The Morgan fingerprint density at radius 1 is 1.13 bits per heavy atom. The number of piperidine rings is 1. The third-order valence-corrected chi connectivity index (χ3v) is 6.19. The number of hydrogen-bond donors (Lipinski definition) is 1. The predicted molar refractivity (Wildman–Crippen MR) is 114 cm³/mol. The molecular formula is C23H29FN4O2. The third kappa shape index (κ3) is 4.41. The first kappa shape index (κ1) is 20.6. The molecule has 160 valence electrons. The van der Waals surface area contributed by atoms with Crippen LogP contribution in [0.5, 0.6) is 5.75 Å². The van der Waals surface area contributed by atoms with Crippen molar-refractivity contribution in [1.82, 2.24) is 14.8 Å². The van der Waals surface area contributed by atoms with Crippen LogP contribution in [-0.2, 0) is 17.8 Å². The summed E-state index contributed by atoms with van der Waals surface area (Å²) in [5, 5.41) is 9.42. The number of aryl methyl sites for hydroxylation is 1. The highest BCUT2D eigenvalue weighted by molar-refractivity contribution is 5.82. The number of aromatic nitrogens is 1. The monoisotopic (exact) mass is 412 g/mol. The summed E-state index contributed by atoms with van der Waals surface area (Å²) in [7, 11) is 0. The van der Waals surface area contributed by atoms with Crippen molar-refractivity contribution in [3.05, 3.63) is 53.5 Å². The van der Waals surface area contributed by atoms with Crippen LogP contribution in [0.3, 0.4) is 0 Å². The van der Waals surface area contributed by atoms with Gasteiger partial charge in [0.15, 0.2) is 0 Å². The highest BCUT2D eigenvalue weighted by atomic mass is 19.1. The number of nitrogens with zero attached hydrogens (tertiary/aromatic N) is 4. The van der Waals surface area contributed by atoms with Gasteiger partial charge in [-0.3, -0.25) is 9.69 Å². The number of halogens is 1. The summed E-state index contributed by atoms with van der Waals surface area (Å²) in [6.07, 6.45) is 3.96. The second-order valence-corrected chi connectivity index (χ2v) is 8.09. The van der Waals surface area contributed by atoms with E-state index in [9.17, 15) is 14.3 Å². The smallest absolute Gasteiger partial charge is 0.240 e. The van der Waals surface area contributed by atoms with Crippen LogP contribution in [0.15, 0.2) is 36.5 Å². The number of likely N-dealkylation sites (tertiary alicyclic amines) is 1. The van der Waals surface area contributed by atoms with Gasteiger partial charge in [-0.2, -0.15) is 0 Å². The first-order valence-electron chi connectivity index (χ1n) is 10.7. The first-order chi connectivity index (χ1) is 14.5. The van der Waals surface area contributed by atoms with Crippen molar-refractivity contribution in [2.75, 3.05) is 37.6 Å². The Bertz CT molecular complexity index is 881. The zero-order valence-electron chi connectivity index (χ0n) is 17.4. The summed E-state index contributed by atoms with van der Waals surface area (Å²) in [5.41, 5.74) is 1.56. The van der Waals surface area contributed by atoms with Crippen LogP contribution in [0.2, 0.25) is 0 Å². The number of aromatic hydroxyl groups is 1. The summed E-state index contributed by atoms with van der Waals surface area (Å²) in [5.74, 6) is 0.975. The molecule has 2 aliphatic heterocycles. The maximum absolute atomic E-state index is 14.1. The van der Waals surface area contributed by atoms with Gasteiger partial charge in [0.1, 0.15) is 17.4 Å². The summed E-state index contributed by atoms with van der Waals surface area (Å²) in [6.45, 7) is 6.32. The Morgan fingerprint density at radius 2 is 1.93 bits per heavy atom. The number of rotatable bonds is 5. The van der Waals surface area contributed by atoms with E-state index in [-0.39, 0.29) is 23.5 Å². The summed E-state index contributed by atoms with van der Waals surface area (Å²) in [6, 6.07) is 8.69. The fourth-order valence-electron chi connectivity index (χ4n) is 4.44. The SMILES string of the molecule is CCc1ccc(CN2CCCC(N3CCN(c4ccc(O)cn4)CC3)C2=O)cc1F. The van der Waals surface area contributed by atoms with Gasteiger partial charge in [-0.25, -0.2) is 9.37 Å². The zero-order chi connectivity index (χ0) is 21.1. The van der Waals surface area contributed by atoms with Crippen molar-refractivity contribution < 1.29 is 14.3 Å². The van der Waals surface area contributed by atoms with E-state index < -0.39 is 0 Å². The van der Waals surface area contributed by atoms with Crippen LogP contribution in [0, 0.1) is 5.82 Å². The Hall–Kier alpha value is -2.67. The molecule has 1 amide bonds. The molecule has 7 heteroatoms. The maximum atomic E-state index is 14.1. The average molecular weight is 413 g/mol. The minimum atomic E-state index is -0.185. The van der Waals surface area contributed by atoms with Crippen LogP contribution in [0.1, 0.15) is 30.9 Å². The van der Waals surface area contributed by atoms with Gasteiger partial charge in [-0.1, -0.05) is 19.1 Å². The molecule has 0 aliphatic carbocycles. The van der Waals surface area contributed by atoms with Gasteiger partial charge >= 0.3 is 0 Å². The van der Waals surface area contributed by atoms with Gasteiger partial charge in [0.2, 0.25) is 5.91 Å². The second kappa shape index (κ2) is 9.00. The molecule has 0 bridgehead atoms. The maximum Gasteiger partial charge on any atom is 0.240 e. The molecule has 1 unspecified atom stereocenters. The van der Waals surface area contributed by atoms with Gasteiger partial charge < -0.3 is 14.9 Å². The average Bonchev–Trinajstić information content (AvgIpc) is 2.76. The lowest BCUT2D eigenvalue weighted by atomic mass is 10.0. The van der Waals surface area contributed by atoms with Gasteiger partial charge in [-0.15, -0.1) is 0 Å². The largest absolute Gasteiger partial charge is 0.506 e. The molecule has 2 saturated heterocycles. The van der Waals surface area contributed by atoms with Gasteiger partial charge in [0.25, 0.3) is 0 Å².